The molecule has 0 aromatic heterocycles. The molecule has 3 heteroatoms. The lowest BCUT2D eigenvalue weighted by Crippen LogP contribution is -2.06. The molecule has 0 heterocycles. The van der Waals surface area contributed by atoms with Crippen molar-refractivity contribution in [3.05, 3.63) is 23.8 Å². The average Bonchev–Trinajstić information content (AvgIpc) is 2.48. The zero-order valence-electron chi connectivity index (χ0n) is 14.1. The third-order valence-corrected chi connectivity index (χ3v) is 3.02. The highest BCUT2D eigenvalue weighted by molar-refractivity contribution is 5.51. The van der Waals surface area contributed by atoms with Gasteiger partial charge in [0.15, 0.2) is 0 Å². The molecule has 0 radical (unpaired) electrons. The van der Waals surface area contributed by atoms with Crippen molar-refractivity contribution in [3.8, 4) is 5.75 Å². The molecule has 0 saturated heterocycles. The van der Waals surface area contributed by atoms with Crippen molar-refractivity contribution in [1.82, 2.24) is 0 Å². The second kappa shape index (κ2) is 10.6. The third kappa shape index (κ3) is 6.29. The molecule has 0 saturated carbocycles. The molecule has 1 N–H and O–H groups in total. The minimum Gasteiger partial charge on any atom is -0.496 e. The first-order valence-corrected chi connectivity index (χ1v) is 7.55. The van der Waals surface area contributed by atoms with Crippen molar-refractivity contribution in [2.45, 2.75) is 47.1 Å². The lowest BCUT2D eigenvalue weighted by Gasteiger charge is -2.18. The summed E-state index contributed by atoms with van der Waals surface area (Å²) in [5.74, 6) is 1.55. The van der Waals surface area contributed by atoms with Crippen molar-refractivity contribution in [1.29, 1.82) is 0 Å². The van der Waals surface area contributed by atoms with E-state index in [2.05, 4.69) is 32.2 Å². The van der Waals surface area contributed by atoms with E-state index in [9.17, 15) is 0 Å². The van der Waals surface area contributed by atoms with E-state index in [4.69, 9.17) is 9.47 Å². The summed E-state index contributed by atoms with van der Waals surface area (Å²) in [4.78, 5) is 0. The maximum absolute atomic E-state index is 5.87. The predicted octanol–water partition coefficient (Wildman–Crippen LogP) is 4.89. The Morgan fingerprint density at radius 3 is 2.30 bits per heavy atom. The van der Waals surface area contributed by atoms with Gasteiger partial charge in [-0.1, -0.05) is 27.7 Å². The van der Waals surface area contributed by atoms with Crippen LogP contribution in [0.5, 0.6) is 5.75 Å². The highest BCUT2D eigenvalue weighted by Crippen LogP contribution is 2.30. The van der Waals surface area contributed by atoms with E-state index in [0.717, 1.165) is 30.0 Å². The van der Waals surface area contributed by atoms with Crippen molar-refractivity contribution in [3.63, 3.8) is 0 Å². The molecule has 1 rings (SSSR count). The van der Waals surface area contributed by atoms with E-state index < -0.39 is 0 Å². The number of benzene rings is 1. The van der Waals surface area contributed by atoms with E-state index in [-0.39, 0.29) is 6.10 Å². The summed E-state index contributed by atoms with van der Waals surface area (Å²) >= 11 is 0. The van der Waals surface area contributed by atoms with Crippen LogP contribution in [0.2, 0.25) is 0 Å². The molecule has 0 bridgehead atoms. The van der Waals surface area contributed by atoms with Gasteiger partial charge in [0.2, 0.25) is 0 Å². The van der Waals surface area contributed by atoms with Crippen LogP contribution in [0.4, 0.5) is 5.69 Å². The Kier molecular flexibility index (Phi) is 9.91. The smallest absolute Gasteiger partial charge is 0.124 e. The largest absolute Gasteiger partial charge is 0.496 e. The summed E-state index contributed by atoms with van der Waals surface area (Å²) in [7, 11) is 3.61. The van der Waals surface area contributed by atoms with E-state index in [1.54, 1.807) is 7.11 Å². The Morgan fingerprint density at radius 1 is 1.15 bits per heavy atom. The van der Waals surface area contributed by atoms with Crippen LogP contribution in [0.3, 0.4) is 0 Å². The monoisotopic (exact) mass is 281 g/mol. The highest BCUT2D eigenvalue weighted by atomic mass is 16.5. The van der Waals surface area contributed by atoms with Crippen LogP contribution in [0.15, 0.2) is 18.2 Å². The molecule has 20 heavy (non-hydrogen) atoms. The number of rotatable bonds is 7. The molecule has 0 aliphatic rings. The molecular weight excluding hydrogens is 250 g/mol. The van der Waals surface area contributed by atoms with Gasteiger partial charge in [-0.3, -0.25) is 0 Å². The number of methoxy groups -OCH3 is 1. The van der Waals surface area contributed by atoms with Crippen LogP contribution in [0, 0.1) is 5.92 Å². The second-order valence-electron chi connectivity index (χ2n) is 4.90. The molecule has 0 spiro atoms. The first-order valence-electron chi connectivity index (χ1n) is 7.55. The van der Waals surface area contributed by atoms with Gasteiger partial charge in [0.05, 0.1) is 13.2 Å². The van der Waals surface area contributed by atoms with Crippen molar-refractivity contribution < 1.29 is 9.47 Å². The second-order valence-corrected chi connectivity index (χ2v) is 4.90. The number of nitrogens with one attached hydrogen (secondary N) is 1. The average molecular weight is 281 g/mol. The fourth-order valence-electron chi connectivity index (χ4n) is 1.78. The fourth-order valence-corrected chi connectivity index (χ4v) is 1.78. The summed E-state index contributed by atoms with van der Waals surface area (Å²) in [5.41, 5.74) is 2.17. The van der Waals surface area contributed by atoms with Crippen molar-refractivity contribution in [2.75, 3.05) is 26.1 Å². The topological polar surface area (TPSA) is 30.5 Å². The Bertz CT molecular complexity index is 364. The van der Waals surface area contributed by atoms with Gasteiger partial charge in [-0.25, -0.2) is 0 Å². The summed E-state index contributed by atoms with van der Waals surface area (Å²) < 4.78 is 11.3. The standard InChI is InChI=1S/C15H25NO2.C2H6/c1-11(2)8-9-18-12(3)14-10-13(16-4)6-7-15(14)17-5;1-2/h6-7,10-12,16H,8-9H2,1-5H3;1-2H3. The lowest BCUT2D eigenvalue weighted by atomic mass is 10.1. The minimum atomic E-state index is 0.0481. The molecule has 0 aliphatic heterocycles. The fraction of sp³-hybridized carbons (Fsp3) is 0.647. The molecule has 0 fully saturated rings. The molecule has 116 valence electrons. The SMILES string of the molecule is CC.CNc1ccc(OC)c(C(C)OCCC(C)C)c1. The van der Waals surface area contributed by atoms with Gasteiger partial charge < -0.3 is 14.8 Å². The zero-order chi connectivity index (χ0) is 15.5. The summed E-state index contributed by atoms with van der Waals surface area (Å²) in [6, 6.07) is 6.06. The lowest BCUT2D eigenvalue weighted by molar-refractivity contribution is 0.0567. The molecule has 1 aromatic rings. The number of hydrogen-bond acceptors (Lipinski definition) is 3. The van der Waals surface area contributed by atoms with Crippen LogP contribution >= 0.6 is 0 Å². The molecule has 1 unspecified atom stereocenters. The van der Waals surface area contributed by atoms with E-state index in [0.29, 0.717) is 5.92 Å². The van der Waals surface area contributed by atoms with Crippen LogP contribution in [-0.2, 0) is 4.74 Å². The van der Waals surface area contributed by atoms with Crippen LogP contribution in [0.1, 0.15) is 52.7 Å². The number of ether oxygens (including phenoxy) is 2. The van der Waals surface area contributed by atoms with Gasteiger partial charge in [-0.05, 0) is 37.5 Å². The Balaban J connectivity index is 0.00000172. The summed E-state index contributed by atoms with van der Waals surface area (Å²) in [6.07, 6.45) is 1.13. The quantitative estimate of drug-likeness (QED) is 0.772. The molecule has 1 aromatic carbocycles. The highest BCUT2D eigenvalue weighted by Gasteiger charge is 2.12. The molecule has 0 amide bonds. The Morgan fingerprint density at radius 2 is 1.80 bits per heavy atom. The first kappa shape index (κ1) is 18.8. The maximum atomic E-state index is 5.87. The van der Waals surface area contributed by atoms with E-state index >= 15 is 0 Å². The summed E-state index contributed by atoms with van der Waals surface area (Å²) in [6.45, 7) is 11.3. The van der Waals surface area contributed by atoms with Gasteiger partial charge >= 0.3 is 0 Å². The molecule has 1 atom stereocenters. The van der Waals surface area contributed by atoms with E-state index in [1.165, 1.54) is 0 Å². The molecular formula is C17H31NO2. The summed E-state index contributed by atoms with van der Waals surface area (Å²) in [5, 5.41) is 3.14. The van der Waals surface area contributed by atoms with Crippen LogP contribution < -0.4 is 10.1 Å². The van der Waals surface area contributed by atoms with Gasteiger partial charge in [-0.2, -0.15) is 0 Å². The van der Waals surface area contributed by atoms with Gasteiger partial charge in [0.1, 0.15) is 5.75 Å². The number of hydrogen-bond donors (Lipinski definition) is 1. The predicted molar refractivity (Wildman–Crippen MR) is 87.7 cm³/mol. The third-order valence-electron chi connectivity index (χ3n) is 3.02. The van der Waals surface area contributed by atoms with Crippen molar-refractivity contribution in [2.24, 2.45) is 5.92 Å². The van der Waals surface area contributed by atoms with Gasteiger partial charge in [-0.15, -0.1) is 0 Å². The van der Waals surface area contributed by atoms with Gasteiger partial charge in [0, 0.05) is 24.9 Å². The number of anilines is 1. The molecule has 3 nitrogen and oxygen atoms in total. The van der Waals surface area contributed by atoms with Crippen LogP contribution in [0.25, 0.3) is 0 Å². The minimum absolute atomic E-state index is 0.0481. The van der Waals surface area contributed by atoms with Crippen LogP contribution in [-0.4, -0.2) is 20.8 Å². The zero-order valence-corrected chi connectivity index (χ0v) is 14.1. The Hall–Kier alpha value is -1.22. The maximum Gasteiger partial charge on any atom is 0.124 e. The first-order chi connectivity index (χ1) is 9.58. The van der Waals surface area contributed by atoms with E-state index in [1.807, 2.05) is 33.0 Å². The Labute approximate surface area is 124 Å². The van der Waals surface area contributed by atoms with Crippen molar-refractivity contribution >= 4 is 5.69 Å². The normalized spacial score (nSPS) is 11.6. The molecule has 0 aliphatic carbocycles. The van der Waals surface area contributed by atoms with Gasteiger partial charge in [0.25, 0.3) is 0 Å².